The molecule has 108 valence electrons. The molecule has 0 saturated heterocycles. The SMILES string of the molecule is C#CCNC(=O)C1=NN(c2ccc(F)cc2)C(C(N)=O)C1. The Morgan fingerprint density at radius 1 is 1.48 bits per heavy atom. The zero-order chi connectivity index (χ0) is 15.4. The molecular formula is C14H13FN4O2. The first-order valence-corrected chi connectivity index (χ1v) is 6.16. The number of hydrogen-bond acceptors (Lipinski definition) is 4. The van der Waals surface area contributed by atoms with E-state index in [0.29, 0.717) is 5.69 Å². The number of nitrogens with two attached hydrogens (primary N) is 1. The molecule has 6 nitrogen and oxygen atoms in total. The van der Waals surface area contributed by atoms with Gasteiger partial charge in [-0.05, 0) is 24.3 Å². The molecule has 7 heteroatoms. The number of hydrogen-bond donors (Lipinski definition) is 2. The minimum atomic E-state index is -0.790. The summed E-state index contributed by atoms with van der Waals surface area (Å²) < 4.78 is 12.9. The molecule has 0 aromatic heterocycles. The Hall–Kier alpha value is -2.88. The van der Waals surface area contributed by atoms with Gasteiger partial charge in [-0.1, -0.05) is 5.92 Å². The lowest BCUT2D eigenvalue weighted by molar-refractivity contribution is -0.119. The Morgan fingerprint density at radius 2 is 2.14 bits per heavy atom. The first kappa shape index (κ1) is 14.5. The van der Waals surface area contributed by atoms with Crippen molar-refractivity contribution in [2.24, 2.45) is 10.8 Å². The standard InChI is InChI=1S/C14H13FN4O2/c1-2-7-17-14(21)11-8-12(13(16)20)19(18-11)10-5-3-9(15)4-6-10/h1,3-6,12H,7-8H2,(H2,16,20)(H,17,21). The predicted molar refractivity (Wildman–Crippen MR) is 75.8 cm³/mol. The maximum Gasteiger partial charge on any atom is 0.268 e. The van der Waals surface area contributed by atoms with Crippen LogP contribution in [0.4, 0.5) is 10.1 Å². The highest BCUT2D eigenvalue weighted by molar-refractivity contribution is 6.40. The summed E-state index contributed by atoms with van der Waals surface area (Å²) in [5, 5.41) is 7.87. The van der Waals surface area contributed by atoms with Gasteiger partial charge in [-0.25, -0.2) is 4.39 Å². The van der Waals surface area contributed by atoms with Gasteiger partial charge in [0.25, 0.3) is 5.91 Å². The van der Waals surface area contributed by atoms with Crippen molar-refractivity contribution in [1.82, 2.24) is 5.32 Å². The van der Waals surface area contributed by atoms with Crippen LogP contribution in [0, 0.1) is 18.2 Å². The zero-order valence-electron chi connectivity index (χ0n) is 11.0. The summed E-state index contributed by atoms with van der Waals surface area (Å²) in [4.78, 5) is 23.3. The molecule has 1 atom stereocenters. The van der Waals surface area contributed by atoms with E-state index in [1.54, 1.807) is 0 Å². The van der Waals surface area contributed by atoms with Gasteiger partial charge < -0.3 is 11.1 Å². The number of anilines is 1. The number of carbonyl (C=O) groups is 2. The van der Waals surface area contributed by atoms with E-state index >= 15 is 0 Å². The second-order valence-electron chi connectivity index (χ2n) is 4.38. The van der Waals surface area contributed by atoms with Crippen molar-refractivity contribution in [3.63, 3.8) is 0 Å². The normalized spacial score (nSPS) is 17.0. The van der Waals surface area contributed by atoms with Gasteiger partial charge in [0.2, 0.25) is 5.91 Å². The molecule has 0 spiro atoms. The maximum atomic E-state index is 12.9. The van der Waals surface area contributed by atoms with Gasteiger partial charge in [0.15, 0.2) is 0 Å². The van der Waals surface area contributed by atoms with Crippen LogP contribution >= 0.6 is 0 Å². The number of nitrogens with one attached hydrogen (secondary N) is 1. The first-order valence-electron chi connectivity index (χ1n) is 6.16. The Morgan fingerprint density at radius 3 is 2.71 bits per heavy atom. The number of amides is 2. The Balaban J connectivity index is 2.25. The zero-order valence-corrected chi connectivity index (χ0v) is 11.0. The van der Waals surface area contributed by atoms with Crippen LogP contribution < -0.4 is 16.1 Å². The van der Waals surface area contributed by atoms with E-state index in [-0.39, 0.29) is 18.7 Å². The summed E-state index contributed by atoms with van der Waals surface area (Å²) in [7, 11) is 0. The molecule has 3 N–H and O–H groups in total. The van der Waals surface area contributed by atoms with Gasteiger partial charge in [0.1, 0.15) is 17.6 Å². The summed E-state index contributed by atoms with van der Waals surface area (Å²) in [5.41, 5.74) is 5.95. The molecule has 2 amide bonds. The number of nitrogens with zero attached hydrogens (tertiary/aromatic N) is 2. The van der Waals surface area contributed by atoms with Crippen molar-refractivity contribution in [1.29, 1.82) is 0 Å². The molecule has 1 aliphatic rings. The van der Waals surface area contributed by atoms with E-state index in [4.69, 9.17) is 12.2 Å². The topological polar surface area (TPSA) is 87.8 Å². The highest BCUT2D eigenvalue weighted by atomic mass is 19.1. The predicted octanol–water partition coefficient (Wildman–Crippen LogP) is -0.00490. The number of hydrazone groups is 1. The second-order valence-corrected chi connectivity index (χ2v) is 4.38. The maximum absolute atomic E-state index is 12.9. The van der Waals surface area contributed by atoms with Gasteiger partial charge >= 0.3 is 0 Å². The average Bonchev–Trinajstić information content (AvgIpc) is 2.91. The first-order chi connectivity index (χ1) is 10.0. The van der Waals surface area contributed by atoms with E-state index < -0.39 is 23.7 Å². The van der Waals surface area contributed by atoms with Crippen LogP contribution in [0.1, 0.15) is 6.42 Å². The molecule has 2 rings (SSSR count). The van der Waals surface area contributed by atoms with E-state index in [1.807, 2.05) is 0 Å². The van der Waals surface area contributed by atoms with Gasteiger partial charge in [-0.2, -0.15) is 5.10 Å². The van der Waals surface area contributed by atoms with Crippen LogP contribution in [0.2, 0.25) is 0 Å². The van der Waals surface area contributed by atoms with Crippen molar-refractivity contribution in [2.75, 3.05) is 11.6 Å². The Bertz CT molecular complexity index is 633. The molecule has 0 fully saturated rings. The smallest absolute Gasteiger partial charge is 0.268 e. The lowest BCUT2D eigenvalue weighted by Gasteiger charge is -2.20. The minimum absolute atomic E-state index is 0.0651. The molecule has 0 saturated carbocycles. The molecular weight excluding hydrogens is 275 g/mol. The molecule has 1 aromatic rings. The Kier molecular flexibility index (Phi) is 4.18. The number of rotatable bonds is 4. The van der Waals surface area contributed by atoms with Crippen LogP contribution in [0.25, 0.3) is 0 Å². The van der Waals surface area contributed by atoms with Crippen molar-refractivity contribution in [3.8, 4) is 12.3 Å². The molecule has 1 heterocycles. The summed E-state index contributed by atoms with van der Waals surface area (Å²) in [6.45, 7) is 0.0651. The van der Waals surface area contributed by atoms with Crippen LogP contribution in [-0.4, -0.2) is 30.1 Å². The minimum Gasteiger partial charge on any atom is -0.368 e. The highest BCUT2D eigenvalue weighted by Gasteiger charge is 2.34. The van der Waals surface area contributed by atoms with Gasteiger partial charge in [-0.15, -0.1) is 6.42 Å². The fourth-order valence-electron chi connectivity index (χ4n) is 1.93. The van der Waals surface area contributed by atoms with Crippen LogP contribution in [0.15, 0.2) is 29.4 Å². The van der Waals surface area contributed by atoms with Crippen molar-refractivity contribution < 1.29 is 14.0 Å². The van der Waals surface area contributed by atoms with Gasteiger partial charge in [-0.3, -0.25) is 14.6 Å². The van der Waals surface area contributed by atoms with E-state index in [1.165, 1.54) is 29.3 Å². The van der Waals surface area contributed by atoms with E-state index in [9.17, 15) is 14.0 Å². The van der Waals surface area contributed by atoms with E-state index in [0.717, 1.165) is 0 Å². The van der Waals surface area contributed by atoms with Crippen LogP contribution in [0.5, 0.6) is 0 Å². The number of terminal acetylenes is 1. The van der Waals surface area contributed by atoms with Gasteiger partial charge in [0.05, 0.1) is 12.2 Å². The average molecular weight is 288 g/mol. The quantitative estimate of drug-likeness (QED) is 0.764. The third-order valence-corrected chi connectivity index (χ3v) is 2.94. The Labute approximate surface area is 120 Å². The van der Waals surface area contributed by atoms with Crippen molar-refractivity contribution >= 4 is 23.2 Å². The molecule has 0 bridgehead atoms. The molecule has 1 unspecified atom stereocenters. The molecule has 21 heavy (non-hydrogen) atoms. The summed E-state index contributed by atoms with van der Waals surface area (Å²) in [6, 6.07) is 4.59. The lowest BCUT2D eigenvalue weighted by Crippen LogP contribution is -2.39. The monoisotopic (exact) mass is 288 g/mol. The molecule has 1 aromatic carbocycles. The fraction of sp³-hybridized carbons (Fsp3) is 0.214. The molecule has 0 aliphatic carbocycles. The second kappa shape index (κ2) is 6.05. The number of benzene rings is 1. The number of halogens is 1. The lowest BCUT2D eigenvalue weighted by atomic mass is 10.1. The summed E-state index contributed by atoms with van der Waals surface area (Å²) >= 11 is 0. The number of carbonyl (C=O) groups excluding carboxylic acids is 2. The molecule has 1 aliphatic heterocycles. The van der Waals surface area contributed by atoms with Crippen LogP contribution in [0.3, 0.4) is 0 Å². The highest BCUT2D eigenvalue weighted by Crippen LogP contribution is 2.24. The third-order valence-electron chi connectivity index (χ3n) is 2.94. The summed E-state index contributed by atoms with van der Waals surface area (Å²) in [6.07, 6.45) is 5.13. The molecule has 0 radical (unpaired) electrons. The largest absolute Gasteiger partial charge is 0.368 e. The van der Waals surface area contributed by atoms with Gasteiger partial charge in [0, 0.05) is 6.42 Å². The van der Waals surface area contributed by atoms with Crippen LogP contribution in [-0.2, 0) is 9.59 Å². The number of primary amides is 1. The van der Waals surface area contributed by atoms with Crippen molar-refractivity contribution in [2.45, 2.75) is 12.5 Å². The van der Waals surface area contributed by atoms with E-state index in [2.05, 4.69) is 16.3 Å². The fourth-order valence-corrected chi connectivity index (χ4v) is 1.93. The van der Waals surface area contributed by atoms with Crippen molar-refractivity contribution in [3.05, 3.63) is 30.1 Å². The summed E-state index contributed by atoms with van der Waals surface area (Å²) in [5.74, 6) is 0.782. The third kappa shape index (κ3) is 3.17.